The summed E-state index contributed by atoms with van der Waals surface area (Å²) in [5.41, 5.74) is 4.25. The number of sulfonamides is 1. The third kappa shape index (κ3) is 5.76. The number of benzene rings is 1. The van der Waals surface area contributed by atoms with Gasteiger partial charge in [0.1, 0.15) is 6.54 Å². The SMILES string of the molecule is Cc1ccc(CS(=O)(=O)N2C3CCC2CN(c2cccn4nc(Nc5cnn(CC(=O)N6CCN(C)CC6)c5)nc24)C3)cc1. The van der Waals surface area contributed by atoms with Gasteiger partial charge in [0.05, 0.1) is 23.3 Å². The number of aryl methyl sites for hydroxylation is 1. The van der Waals surface area contributed by atoms with E-state index in [9.17, 15) is 13.2 Å². The summed E-state index contributed by atoms with van der Waals surface area (Å²) in [6, 6.07) is 11.5. The third-order valence-electron chi connectivity index (χ3n) is 8.93. The summed E-state index contributed by atoms with van der Waals surface area (Å²) in [6.07, 6.45) is 6.99. The summed E-state index contributed by atoms with van der Waals surface area (Å²) in [7, 11) is -1.38. The van der Waals surface area contributed by atoms with Crippen molar-refractivity contribution in [3.8, 4) is 0 Å². The lowest BCUT2D eigenvalue weighted by Gasteiger charge is -2.41. The molecule has 2 unspecified atom stereocenters. The first-order valence-electron chi connectivity index (χ1n) is 15.1. The van der Waals surface area contributed by atoms with Crippen LogP contribution in [0.3, 0.4) is 0 Å². The summed E-state index contributed by atoms with van der Waals surface area (Å²) >= 11 is 0. The van der Waals surface area contributed by atoms with Crippen LogP contribution >= 0.6 is 0 Å². The van der Waals surface area contributed by atoms with Crippen molar-refractivity contribution in [2.45, 2.75) is 44.1 Å². The van der Waals surface area contributed by atoms with Crippen molar-refractivity contribution in [1.82, 2.24) is 38.5 Å². The van der Waals surface area contributed by atoms with Gasteiger partial charge in [0.25, 0.3) is 0 Å². The molecule has 44 heavy (non-hydrogen) atoms. The molecule has 1 N–H and O–H groups in total. The fourth-order valence-electron chi connectivity index (χ4n) is 6.61. The van der Waals surface area contributed by atoms with Crippen molar-refractivity contribution in [3.05, 3.63) is 66.1 Å². The number of fused-ring (bicyclic) bond motifs is 3. The Morgan fingerprint density at radius 1 is 1.02 bits per heavy atom. The van der Waals surface area contributed by atoms with E-state index in [4.69, 9.17) is 4.98 Å². The van der Waals surface area contributed by atoms with E-state index in [0.29, 0.717) is 30.4 Å². The van der Waals surface area contributed by atoms with E-state index in [1.54, 1.807) is 25.9 Å². The Bertz CT molecular complexity index is 1750. The van der Waals surface area contributed by atoms with Gasteiger partial charge in [-0.1, -0.05) is 29.8 Å². The van der Waals surface area contributed by atoms with Crippen LogP contribution in [0.4, 0.5) is 17.3 Å². The Hall–Kier alpha value is -4.01. The van der Waals surface area contributed by atoms with Crippen LogP contribution in [-0.4, -0.2) is 111 Å². The standard InChI is InChI=1S/C30H38N10O3S/c1-22-5-7-23(8-6-22)21-44(42,43)40-25-9-10-26(40)19-37(18-25)27-4-3-11-39-29(27)33-30(34-39)32-24-16-31-38(17-24)20-28(41)36-14-12-35(2)13-15-36/h3-8,11,16-17,25-26H,9-10,12-15,18-21H2,1-2H3,(H,32,34). The zero-order valence-electron chi connectivity index (χ0n) is 25.1. The van der Waals surface area contributed by atoms with Gasteiger partial charge in [-0.25, -0.2) is 12.9 Å². The maximum Gasteiger partial charge on any atom is 0.247 e. The highest BCUT2D eigenvalue weighted by atomic mass is 32.2. The zero-order valence-corrected chi connectivity index (χ0v) is 25.9. The summed E-state index contributed by atoms with van der Waals surface area (Å²) in [6.45, 7) is 6.61. The molecule has 2 bridgehead atoms. The molecule has 2 atom stereocenters. The molecule has 0 radical (unpaired) electrons. The molecule has 232 valence electrons. The highest BCUT2D eigenvalue weighted by Crippen LogP contribution is 2.37. The van der Waals surface area contributed by atoms with Gasteiger partial charge in [-0.15, -0.1) is 5.10 Å². The first-order valence-corrected chi connectivity index (χ1v) is 16.8. The van der Waals surface area contributed by atoms with Crippen LogP contribution in [0.2, 0.25) is 0 Å². The summed E-state index contributed by atoms with van der Waals surface area (Å²) in [5.74, 6) is 0.500. The van der Waals surface area contributed by atoms with Crippen LogP contribution in [0, 0.1) is 6.92 Å². The number of rotatable bonds is 8. The minimum absolute atomic E-state index is 0.0235. The summed E-state index contributed by atoms with van der Waals surface area (Å²) in [5, 5.41) is 12.2. The Morgan fingerprint density at radius 3 is 2.48 bits per heavy atom. The van der Waals surface area contributed by atoms with E-state index < -0.39 is 10.0 Å². The molecule has 3 aliphatic rings. The molecule has 3 saturated heterocycles. The van der Waals surface area contributed by atoms with Crippen LogP contribution < -0.4 is 10.2 Å². The minimum Gasteiger partial charge on any atom is -0.365 e. The number of piperazine rings is 2. The van der Waals surface area contributed by atoms with Crippen molar-refractivity contribution in [3.63, 3.8) is 0 Å². The minimum atomic E-state index is -3.45. The molecule has 3 aromatic heterocycles. The molecule has 0 saturated carbocycles. The molecule has 3 aliphatic heterocycles. The van der Waals surface area contributed by atoms with Crippen molar-refractivity contribution in [2.24, 2.45) is 0 Å². The highest BCUT2D eigenvalue weighted by molar-refractivity contribution is 7.88. The van der Waals surface area contributed by atoms with Crippen LogP contribution in [0.5, 0.6) is 0 Å². The molecule has 1 aromatic carbocycles. The lowest BCUT2D eigenvalue weighted by atomic mass is 10.2. The van der Waals surface area contributed by atoms with Crippen LogP contribution in [-0.2, 0) is 27.1 Å². The molecule has 4 aromatic rings. The molecule has 1 amide bonds. The quantitative estimate of drug-likeness (QED) is 0.316. The molecule has 0 aliphatic carbocycles. The van der Waals surface area contributed by atoms with Crippen molar-refractivity contribution in [1.29, 1.82) is 0 Å². The number of hydrogen-bond acceptors (Lipinski definition) is 9. The number of pyridine rings is 1. The van der Waals surface area contributed by atoms with Gasteiger partial charge in [0.2, 0.25) is 21.9 Å². The Labute approximate surface area is 257 Å². The molecule has 7 rings (SSSR count). The largest absolute Gasteiger partial charge is 0.365 e. The normalized spacial score (nSPS) is 21.3. The number of aromatic nitrogens is 5. The maximum atomic E-state index is 13.5. The van der Waals surface area contributed by atoms with Crippen molar-refractivity contribution < 1.29 is 13.2 Å². The van der Waals surface area contributed by atoms with Crippen LogP contribution in [0.1, 0.15) is 24.0 Å². The lowest BCUT2D eigenvalue weighted by Crippen LogP contribution is -2.56. The number of nitrogens with zero attached hydrogens (tertiary/aromatic N) is 9. The monoisotopic (exact) mass is 618 g/mol. The fraction of sp³-hybridized carbons (Fsp3) is 0.467. The Morgan fingerprint density at radius 2 is 1.75 bits per heavy atom. The van der Waals surface area contributed by atoms with Gasteiger partial charge in [-0.3, -0.25) is 9.48 Å². The van der Waals surface area contributed by atoms with Gasteiger partial charge < -0.3 is 20.0 Å². The average molecular weight is 619 g/mol. The number of nitrogens with one attached hydrogen (secondary N) is 1. The van der Waals surface area contributed by atoms with E-state index in [1.807, 2.05) is 54.4 Å². The van der Waals surface area contributed by atoms with E-state index in [-0.39, 0.29) is 30.3 Å². The van der Waals surface area contributed by atoms with E-state index >= 15 is 0 Å². The molecular weight excluding hydrogens is 580 g/mol. The Kier molecular flexibility index (Phi) is 7.50. The van der Waals surface area contributed by atoms with Crippen molar-refractivity contribution in [2.75, 3.05) is 56.5 Å². The predicted octanol–water partition coefficient (Wildman–Crippen LogP) is 1.93. The van der Waals surface area contributed by atoms with Crippen LogP contribution in [0.15, 0.2) is 55.0 Å². The number of carbonyl (C=O) groups excluding carboxylic acids is 1. The zero-order chi connectivity index (χ0) is 30.4. The van der Waals surface area contributed by atoms with Crippen LogP contribution in [0.25, 0.3) is 5.65 Å². The lowest BCUT2D eigenvalue weighted by molar-refractivity contribution is -0.133. The molecule has 13 nitrogen and oxygen atoms in total. The number of likely N-dealkylation sites (N-methyl/N-ethyl adjacent to an activating group) is 1. The van der Waals surface area contributed by atoms with Gasteiger partial charge in [-0.2, -0.15) is 14.4 Å². The van der Waals surface area contributed by atoms with E-state index in [1.165, 1.54) is 0 Å². The molecule has 14 heteroatoms. The van der Waals surface area contributed by atoms with Gasteiger partial charge in [-0.05, 0) is 44.5 Å². The molecule has 0 spiro atoms. The predicted molar refractivity (Wildman–Crippen MR) is 167 cm³/mol. The molecule has 6 heterocycles. The number of amides is 1. The topological polar surface area (TPSA) is 124 Å². The van der Waals surface area contributed by atoms with Gasteiger partial charge >= 0.3 is 0 Å². The summed E-state index contributed by atoms with van der Waals surface area (Å²) < 4.78 is 32.2. The number of carbonyl (C=O) groups is 1. The number of hydrogen-bond donors (Lipinski definition) is 1. The first-order chi connectivity index (χ1) is 21.2. The van der Waals surface area contributed by atoms with E-state index in [0.717, 1.165) is 55.8 Å². The molecule has 3 fully saturated rings. The van der Waals surface area contributed by atoms with E-state index in [2.05, 4.69) is 32.4 Å². The second-order valence-electron chi connectivity index (χ2n) is 12.2. The Balaban J connectivity index is 1.03. The summed E-state index contributed by atoms with van der Waals surface area (Å²) in [4.78, 5) is 23.9. The molecular formula is C30H38N10O3S. The first kappa shape index (κ1) is 28.7. The average Bonchev–Trinajstić information content (AvgIpc) is 3.70. The smallest absolute Gasteiger partial charge is 0.247 e. The van der Waals surface area contributed by atoms with Gasteiger partial charge in [0, 0.05) is 63.7 Å². The number of anilines is 3. The van der Waals surface area contributed by atoms with Crippen molar-refractivity contribution >= 4 is 38.9 Å². The second kappa shape index (κ2) is 11.5. The second-order valence-corrected chi connectivity index (χ2v) is 14.1. The fourth-order valence-corrected chi connectivity index (χ4v) is 8.63. The maximum absolute atomic E-state index is 13.5. The van der Waals surface area contributed by atoms with Gasteiger partial charge in [0.15, 0.2) is 5.65 Å². The third-order valence-corrected chi connectivity index (χ3v) is 10.9. The highest BCUT2D eigenvalue weighted by Gasteiger charge is 2.46.